The van der Waals surface area contributed by atoms with Crippen LogP contribution < -0.4 is 10.6 Å². The number of esters is 1. The van der Waals surface area contributed by atoms with E-state index >= 15 is 0 Å². The Kier molecular flexibility index (Phi) is 9.62. The fraction of sp³-hybridized carbons (Fsp3) is 0.296. The average Bonchev–Trinajstić information content (AvgIpc) is 3.28. The van der Waals surface area contributed by atoms with Crippen LogP contribution in [0.3, 0.4) is 0 Å². The van der Waals surface area contributed by atoms with Gasteiger partial charge in [0.05, 0.1) is 24.5 Å². The summed E-state index contributed by atoms with van der Waals surface area (Å²) in [5.41, 5.74) is 2.47. The third-order valence-corrected chi connectivity index (χ3v) is 6.47. The molecule has 0 radical (unpaired) electrons. The second kappa shape index (κ2) is 12.9. The van der Waals surface area contributed by atoms with Crippen molar-refractivity contribution in [3.8, 4) is 0 Å². The maximum absolute atomic E-state index is 12.9. The molecule has 0 spiro atoms. The first-order chi connectivity index (χ1) is 17.7. The Balaban J connectivity index is 1.73. The van der Waals surface area contributed by atoms with Gasteiger partial charge < -0.3 is 19.9 Å². The number of nitrogens with one attached hydrogen (secondary N) is 2. The molecule has 37 heavy (non-hydrogen) atoms. The maximum Gasteiger partial charge on any atom is 0.337 e. The van der Waals surface area contributed by atoms with Gasteiger partial charge in [0.25, 0.3) is 5.91 Å². The van der Waals surface area contributed by atoms with Gasteiger partial charge in [-0.25, -0.2) is 4.79 Å². The van der Waals surface area contributed by atoms with E-state index in [2.05, 4.69) is 27.4 Å². The number of ether oxygens (including phenoxy) is 1. The van der Waals surface area contributed by atoms with Gasteiger partial charge in [0.2, 0.25) is 5.91 Å². The number of methoxy groups -OCH3 is 1. The average molecular weight is 522 g/mol. The van der Waals surface area contributed by atoms with Crippen LogP contribution in [-0.2, 0) is 16.1 Å². The number of thioether (sulfide) groups is 1. The molecule has 1 aromatic heterocycles. The first kappa shape index (κ1) is 27.7. The molecule has 1 heterocycles. The van der Waals surface area contributed by atoms with Crippen LogP contribution in [0.1, 0.15) is 52.0 Å². The molecule has 1 atom stereocenters. The summed E-state index contributed by atoms with van der Waals surface area (Å²) >= 11 is 1.22. The number of carbonyl (C=O) groups excluding carboxylic acids is 3. The summed E-state index contributed by atoms with van der Waals surface area (Å²) in [6.07, 6.45) is 1.72. The van der Waals surface area contributed by atoms with Gasteiger partial charge in [-0.1, -0.05) is 55.4 Å². The smallest absolute Gasteiger partial charge is 0.337 e. The summed E-state index contributed by atoms with van der Waals surface area (Å²) < 4.78 is 6.57. The second-order valence-electron chi connectivity index (χ2n) is 8.71. The molecule has 1 unspecified atom stereocenters. The van der Waals surface area contributed by atoms with Gasteiger partial charge in [0.1, 0.15) is 0 Å². The standard InChI is InChI=1S/C27H31N5O4S/c1-6-14-32-24(23(17(2)3)29-25(34)19-12-10-18(4)11-13-19)30-31-27(32)37-16-22(33)28-21-9-7-8-20(15-21)26(35)36-5/h6-13,15,17,23H,1,14,16H2,2-5H3,(H,28,33)(H,29,34). The van der Waals surface area contributed by atoms with Gasteiger partial charge in [0, 0.05) is 17.8 Å². The lowest BCUT2D eigenvalue weighted by Gasteiger charge is -2.22. The molecule has 0 saturated carbocycles. The minimum absolute atomic E-state index is 0.0328. The third kappa shape index (κ3) is 7.29. The molecule has 0 aliphatic rings. The fourth-order valence-corrected chi connectivity index (χ4v) is 4.32. The minimum atomic E-state index is -0.482. The van der Waals surface area contributed by atoms with Crippen molar-refractivity contribution in [2.75, 3.05) is 18.2 Å². The van der Waals surface area contributed by atoms with Crippen molar-refractivity contribution in [2.24, 2.45) is 5.92 Å². The Bertz CT molecular complexity index is 1270. The minimum Gasteiger partial charge on any atom is -0.465 e. The van der Waals surface area contributed by atoms with E-state index in [1.54, 1.807) is 42.5 Å². The number of allylic oxidation sites excluding steroid dienone is 1. The van der Waals surface area contributed by atoms with E-state index in [0.717, 1.165) is 5.56 Å². The SMILES string of the molecule is C=CCn1c(SCC(=O)Nc2cccc(C(=O)OC)c2)nnc1C(NC(=O)c1ccc(C)cc1)C(C)C. The number of aromatic nitrogens is 3. The van der Waals surface area contributed by atoms with Crippen molar-refractivity contribution in [3.05, 3.63) is 83.7 Å². The lowest BCUT2D eigenvalue weighted by molar-refractivity contribution is -0.113. The molecule has 0 fully saturated rings. The zero-order valence-corrected chi connectivity index (χ0v) is 22.2. The predicted molar refractivity (Wildman–Crippen MR) is 144 cm³/mol. The highest BCUT2D eigenvalue weighted by Crippen LogP contribution is 2.26. The Hall–Kier alpha value is -3.92. The largest absolute Gasteiger partial charge is 0.465 e. The van der Waals surface area contributed by atoms with Crippen LogP contribution >= 0.6 is 11.8 Å². The molecule has 0 aliphatic carbocycles. The molecule has 2 amide bonds. The fourth-order valence-electron chi connectivity index (χ4n) is 3.57. The van der Waals surface area contributed by atoms with Crippen molar-refractivity contribution in [1.29, 1.82) is 0 Å². The van der Waals surface area contributed by atoms with E-state index in [4.69, 9.17) is 4.74 Å². The van der Waals surface area contributed by atoms with Gasteiger partial charge in [-0.2, -0.15) is 0 Å². The first-order valence-corrected chi connectivity index (χ1v) is 12.7. The van der Waals surface area contributed by atoms with Crippen molar-refractivity contribution >= 4 is 35.2 Å². The summed E-state index contributed by atoms with van der Waals surface area (Å²) in [6.45, 7) is 10.2. The first-order valence-electron chi connectivity index (χ1n) is 11.8. The predicted octanol–water partition coefficient (Wildman–Crippen LogP) is 4.42. The summed E-state index contributed by atoms with van der Waals surface area (Å²) in [4.78, 5) is 37.3. The van der Waals surface area contributed by atoms with Gasteiger partial charge in [-0.15, -0.1) is 16.8 Å². The van der Waals surface area contributed by atoms with Crippen molar-refractivity contribution < 1.29 is 19.1 Å². The zero-order valence-electron chi connectivity index (χ0n) is 21.4. The number of nitrogens with zero attached hydrogens (tertiary/aromatic N) is 3. The van der Waals surface area contributed by atoms with Crippen LogP contribution in [0.4, 0.5) is 5.69 Å². The number of hydrogen-bond acceptors (Lipinski definition) is 7. The second-order valence-corrected chi connectivity index (χ2v) is 9.65. The highest BCUT2D eigenvalue weighted by Gasteiger charge is 2.26. The Morgan fingerprint density at radius 3 is 2.49 bits per heavy atom. The Morgan fingerprint density at radius 2 is 1.84 bits per heavy atom. The Labute approximate surface area is 220 Å². The molecule has 3 rings (SSSR count). The molecule has 3 aromatic rings. The summed E-state index contributed by atoms with van der Waals surface area (Å²) in [7, 11) is 1.30. The molecule has 2 N–H and O–H groups in total. The van der Waals surface area contributed by atoms with Crippen LogP contribution in [0.2, 0.25) is 0 Å². The van der Waals surface area contributed by atoms with Crippen molar-refractivity contribution in [3.63, 3.8) is 0 Å². The summed E-state index contributed by atoms with van der Waals surface area (Å²) in [6, 6.07) is 13.5. The molecule has 0 aliphatic heterocycles. The van der Waals surface area contributed by atoms with Gasteiger partial charge in [0.15, 0.2) is 11.0 Å². The Morgan fingerprint density at radius 1 is 1.11 bits per heavy atom. The lowest BCUT2D eigenvalue weighted by atomic mass is 10.0. The van der Waals surface area contributed by atoms with E-state index < -0.39 is 12.0 Å². The highest BCUT2D eigenvalue weighted by molar-refractivity contribution is 7.99. The van der Waals surface area contributed by atoms with E-state index in [1.165, 1.54) is 18.9 Å². The molecular weight excluding hydrogens is 490 g/mol. The number of anilines is 1. The van der Waals surface area contributed by atoms with Gasteiger partial charge >= 0.3 is 5.97 Å². The quantitative estimate of drug-likeness (QED) is 0.218. The van der Waals surface area contributed by atoms with Crippen molar-refractivity contribution in [1.82, 2.24) is 20.1 Å². The molecule has 194 valence electrons. The number of amides is 2. The molecule has 9 nitrogen and oxygen atoms in total. The summed E-state index contributed by atoms with van der Waals surface area (Å²) in [5.74, 6) is -0.261. The van der Waals surface area contributed by atoms with Crippen LogP contribution in [-0.4, -0.2) is 45.4 Å². The van der Waals surface area contributed by atoms with E-state index in [9.17, 15) is 14.4 Å². The number of benzene rings is 2. The van der Waals surface area contributed by atoms with E-state index in [1.807, 2.05) is 37.5 Å². The lowest BCUT2D eigenvalue weighted by Crippen LogP contribution is -2.33. The molecule has 0 saturated heterocycles. The molecule has 0 bridgehead atoms. The number of rotatable bonds is 11. The molecule has 10 heteroatoms. The van der Waals surface area contributed by atoms with E-state index in [-0.39, 0.29) is 23.5 Å². The third-order valence-electron chi connectivity index (χ3n) is 5.50. The van der Waals surface area contributed by atoms with Crippen LogP contribution in [0.15, 0.2) is 66.3 Å². The monoisotopic (exact) mass is 521 g/mol. The molecular formula is C27H31N5O4S. The van der Waals surface area contributed by atoms with Gasteiger partial charge in [-0.3, -0.25) is 9.59 Å². The number of aryl methyl sites for hydroxylation is 1. The van der Waals surface area contributed by atoms with Crippen LogP contribution in [0.25, 0.3) is 0 Å². The van der Waals surface area contributed by atoms with Crippen LogP contribution in [0.5, 0.6) is 0 Å². The van der Waals surface area contributed by atoms with Crippen LogP contribution in [0, 0.1) is 12.8 Å². The molecule has 2 aromatic carbocycles. The topological polar surface area (TPSA) is 115 Å². The number of hydrogen-bond donors (Lipinski definition) is 2. The maximum atomic E-state index is 12.9. The van der Waals surface area contributed by atoms with Gasteiger partial charge in [-0.05, 0) is 43.2 Å². The van der Waals surface area contributed by atoms with Crippen molar-refractivity contribution in [2.45, 2.75) is 38.5 Å². The highest BCUT2D eigenvalue weighted by atomic mass is 32.2. The summed E-state index contributed by atoms with van der Waals surface area (Å²) in [5, 5.41) is 15.0. The number of carbonyl (C=O) groups is 3. The van der Waals surface area contributed by atoms with E-state index in [0.29, 0.717) is 34.3 Å². The zero-order chi connectivity index (χ0) is 26.9. The normalized spacial score (nSPS) is 11.6.